The Morgan fingerprint density at radius 3 is 2.41 bits per heavy atom. The number of piperazine rings is 1. The van der Waals surface area contributed by atoms with Crippen LogP contribution in [0.4, 0.5) is 14.9 Å². The zero-order chi connectivity index (χ0) is 19.4. The Bertz CT molecular complexity index is 848. The summed E-state index contributed by atoms with van der Waals surface area (Å²) in [6, 6.07) is 11.2. The topological polar surface area (TPSA) is 61.9 Å². The highest BCUT2D eigenvalue weighted by atomic mass is 19.1. The Kier molecular flexibility index (Phi) is 5.59. The molecule has 2 aromatic carbocycles. The van der Waals surface area contributed by atoms with E-state index < -0.39 is 0 Å². The number of aryl methyl sites for hydroxylation is 1. The maximum absolute atomic E-state index is 13.3. The first-order valence-electron chi connectivity index (χ1n) is 8.73. The summed E-state index contributed by atoms with van der Waals surface area (Å²) in [4.78, 5) is 28.4. The molecule has 2 aromatic rings. The van der Waals surface area contributed by atoms with E-state index in [0.717, 1.165) is 0 Å². The fourth-order valence-corrected chi connectivity index (χ4v) is 2.98. The number of amides is 3. The summed E-state index contributed by atoms with van der Waals surface area (Å²) in [6.45, 7) is 3.41. The standard InChI is InChI=1S/C20H22FN3O3/c1-14-12-16(6-7-18(14)21)22-20(26)24-10-8-23(9-11-24)19(25)15-4-3-5-17(13-15)27-2/h3-7,12-13H,8-11H2,1-2H3,(H,22,26). The Morgan fingerprint density at radius 2 is 1.74 bits per heavy atom. The summed E-state index contributed by atoms with van der Waals surface area (Å²) in [5, 5.41) is 2.77. The molecule has 7 heteroatoms. The second kappa shape index (κ2) is 8.07. The molecule has 0 atom stereocenters. The molecule has 6 nitrogen and oxygen atoms in total. The molecule has 0 unspecified atom stereocenters. The quantitative estimate of drug-likeness (QED) is 0.902. The maximum Gasteiger partial charge on any atom is 0.321 e. The van der Waals surface area contributed by atoms with Crippen LogP contribution < -0.4 is 10.1 Å². The Labute approximate surface area is 157 Å². The van der Waals surface area contributed by atoms with Crippen LogP contribution in [-0.4, -0.2) is 55.0 Å². The highest BCUT2D eigenvalue weighted by Crippen LogP contribution is 2.17. The number of urea groups is 1. The van der Waals surface area contributed by atoms with Gasteiger partial charge in [-0.05, 0) is 48.9 Å². The molecule has 1 aliphatic rings. The first-order chi connectivity index (χ1) is 13.0. The van der Waals surface area contributed by atoms with E-state index in [1.807, 2.05) is 0 Å². The van der Waals surface area contributed by atoms with E-state index in [9.17, 15) is 14.0 Å². The van der Waals surface area contributed by atoms with Gasteiger partial charge in [-0.1, -0.05) is 6.07 Å². The number of halogens is 1. The summed E-state index contributed by atoms with van der Waals surface area (Å²) in [6.07, 6.45) is 0. The van der Waals surface area contributed by atoms with Crippen LogP contribution in [0.2, 0.25) is 0 Å². The molecule has 1 fully saturated rings. The van der Waals surface area contributed by atoms with Crippen molar-refractivity contribution in [2.24, 2.45) is 0 Å². The molecule has 1 saturated heterocycles. The number of carbonyl (C=O) groups excluding carboxylic acids is 2. The third-order valence-corrected chi connectivity index (χ3v) is 4.58. The molecule has 3 rings (SSSR count). The van der Waals surface area contributed by atoms with Crippen molar-refractivity contribution in [3.05, 3.63) is 59.4 Å². The molecule has 1 heterocycles. The molecule has 0 saturated carbocycles. The number of carbonyl (C=O) groups is 2. The van der Waals surface area contributed by atoms with Crippen molar-refractivity contribution in [2.75, 3.05) is 38.6 Å². The number of benzene rings is 2. The van der Waals surface area contributed by atoms with Crippen molar-refractivity contribution in [2.45, 2.75) is 6.92 Å². The van der Waals surface area contributed by atoms with Crippen LogP contribution >= 0.6 is 0 Å². The summed E-state index contributed by atoms with van der Waals surface area (Å²) in [7, 11) is 1.56. The highest BCUT2D eigenvalue weighted by molar-refractivity contribution is 5.95. The van der Waals surface area contributed by atoms with Gasteiger partial charge in [-0.3, -0.25) is 4.79 Å². The summed E-state index contributed by atoms with van der Waals surface area (Å²) < 4.78 is 18.5. The fraction of sp³-hybridized carbons (Fsp3) is 0.300. The van der Waals surface area contributed by atoms with Crippen LogP contribution in [0.3, 0.4) is 0 Å². The van der Waals surface area contributed by atoms with Gasteiger partial charge >= 0.3 is 6.03 Å². The van der Waals surface area contributed by atoms with E-state index >= 15 is 0 Å². The molecule has 27 heavy (non-hydrogen) atoms. The monoisotopic (exact) mass is 371 g/mol. The van der Waals surface area contributed by atoms with Crippen molar-refractivity contribution in [3.63, 3.8) is 0 Å². The first-order valence-corrected chi connectivity index (χ1v) is 8.73. The van der Waals surface area contributed by atoms with Gasteiger partial charge in [-0.15, -0.1) is 0 Å². The van der Waals surface area contributed by atoms with Gasteiger partial charge in [-0.25, -0.2) is 9.18 Å². The van der Waals surface area contributed by atoms with Gasteiger partial charge in [0.25, 0.3) is 5.91 Å². The zero-order valence-corrected chi connectivity index (χ0v) is 15.4. The summed E-state index contributed by atoms with van der Waals surface area (Å²) in [5.41, 5.74) is 1.59. The van der Waals surface area contributed by atoms with Crippen LogP contribution in [0.25, 0.3) is 0 Å². The minimum Gasteiger partial charge on any atom is -0.497 e. The number of ether oxygens (including phenoxy) is 1. The van der Waals surface area contributed by atoms with Gasteiger partial charge in [0.05, 0.1) is 7.11 Å². The smallest absolute Gasteiger partial charge is 0.321 e. The number of hydrogen-bond acceptors (Lipinski definition) is 3. The molecule has 0 radical (unpaired) electrons. The van der Waals surface area contributed by atoms with E-state index in [2.05, 4.69) is 5.32 Å². The van der Waals surface area contributed by atoms with Gasteiger partial charge < -0.3 is 19.9 Å². The minimum absolute atomic E-state index is 0.0804. The molecule has 0 aliphatic carbocycles. The number of nitrogens with zero attached hydrogens (tertiary/aromatic N) is 2. The van der Waals surface area contributed by atoms with Gasteiger partial charge in [-0.2, -0.15) is 0 Å². The average Bonchev–Trinajstić information content (AvgIpc) is 2.70. The van der Waals surface area contributed by atoms with Crippen LogP contribution in [-0.2, 0) is 0 Å². The molecule has 3 amide bonds. The van der Waals surface area contributed by atoms with E-state index in [-0.39, 0.29) is 17.8 Å². The van der Waals surface area contributed by atoms with Gasteiger partial charge in [0.1, 0.15) is 11.6 Å². The van der Waals surface area contributed by atoms with Crippen LogP contribution in [0.1, 0.15) is 15.9 Å². The van der Waals surface area contributed by atoms with Crippen molar-refractivity contribution in [3.8, 4) is 5.75 Å². The van der Waals surface area contributed by atoms with E-state index in [4.69, 9.17) is 4.74 Å². The molecule has 1 aliphatic heterocycles. The van der Waals surface area contributed by atoms with E-state index in [1.54, 1.807) is 54.2 Å². The summed E-state index contributed by atoms with van der Waals surface area (Å²) in [5.74, 6) is 0.245. The number of hydrogen-bond donors (Lipinski definition) is 1. The number of rotatable bonds is 3. The lowest BCUT2D eigenvalue weighted by Crippen LogP contribution is -2.51. The third kappa shape index (κ3) is 4.36. The number of nitrogens with one attached hydrogen (secondary N) is 1. The Morgan fingerprint density at radius 1 is 1.04 bits per heavy atom. The molecular weight excluding hydrogens is 349 g/mol. The van der Waals surface area contributed by atoms with Crippen LogP contribution in [0.5, 0.6) is 5.75 Å². The summed E-state index contributed by atoms with van der Waals surface area (Å²) >= 11 is 0. The fourth-order valence-electron chi connectivity index (χ4n) is 2.98. The second-order valence-corrected chi connectivity index (χ2v) is 6.41. The highest BCUT2D eigenvalue weighted by Gasteiger charge is 2.25. The second-order valence-electron chi connectivity index (χ2n) is 6.41. The lowest BCUT2D eigenvalue weighted by Gasteiger charge is -2.34. The Hall–Kier alpha value is -3.09. The first kappa shape index (κ1) is 18.7. The largest absolute Gasteiger partial charge is 0.497 e. The molecular formula is C20H22FN3O3. The molecule has 0 bridgehead atoms. The molecule has 0 spiro atoms. The van der Waals surface area contributed by atoms with E-state index in [0.29, 0.717) is 48.7 Å². The lowest BCUT2D eigenvalue weighted by molar-refractivity contribution is 0.0671. The van der Waals surface area contributed by atoms with Crippen molar-refractivity contribution >= 4 is 17.6 Å². The molecule has 142 valence electrons. The normalized spacial score (nSPS) is 14.0. The maximum atomic E-state index is 13.3. The Balaban J connectivity index is 1.56. The number of anilines is 1. The van der Waals surface area contributed by atoms with Crippen molar-refractivity contribution < 1.29 is 18.7 Å². The average molecular weight is 371 g/mol. The van der Waals surface area contributed by atoms with Crippen molar-refractivity contribution in [1.82, 2.24) is 9.80 Å². The molecule has 0 aromatic heterocycles. The third-order valence-electron chi connectivity index (χ3n) is 4.58. The number of methoxy groups -OCH3 is 1. The van der Waals surface area contributed by atoms with Crippen LogP contribution in [0, 0.1) is 12.7 Å². The predicted molar refractivity (Wildman–Crippen MR) is 101 cm³/mol. The van der Waals surface area contributed by atoms with Crippen LogP contribution in [0.15, 0.2) is 42.5 Å². The minimum atomic E-state index is -0.308. The van der Waals surface area contributed by atoms with Gasteiger partial charge in [0.15, 0.2) is 0 Å². The predicted octanol–water partition coefficient (Wildman–Crippen LogP) is 3.13. The lowest BCUT2D eigenvalue weighted by atomic mass is 10.1. The van der Waals surface area contributed by atoms with E-state index in [1.165, 1.54) is 12.1 Å². The van der Waals surface area contributed by atoms with Crippen molar-refractivity contribution in [1.29, 1.82) is 0 Å². The van der Waals surface area contributed by atoms with Gasteiger partial charge in [0.2, 0.25) is 0 Å². The SMILES string of the molecule is COc1cccc(C(=O)N2CCN(C(=O)Nc3ccc(F)c(C)c3)CC2)c1. The van der Waals surface area contributed by atoms with Gasteiger partial charge in [0, 0.05) is 37.4 Å². The zero-order valence-electron chi connectivity index (χ0n) is 15.4. The molecule has 1 N–H and O–H groups in total.